The van der Waals surface area contributed by atoms with Crippen LogP contribution in [0.2, 0.25) is 0 Å². The first kappa shape index (κ1) is 30.6. The Kier molecular flexibility index (Phi) is 9.88. The molecule has 2 aromatic heterocycles. The Bertz CT molecular complexity index is 1580. The van der Waals surface area contributed by atoms with Gasteiger partial charge >= 0.3 is 0 Å². The van der Waals surface area contributed by atoms with Crippen LogP contribution in [0.15, 0.2) is 71.9 Å². The van der Waals surface area contributed by atoms with Crippen molar-refractivity contribution in [3.63, 3.8) is 0 Å². The lowest BCUT2D eigenvalue weighted by Gasteiger charge is -2.20. The quantitative estimate of drug-likeness (QED) is 0.177. The molecule has 0 fully saturated rings. The van der Waals surface area contributed by atoms with Crippen LogP contribution in [0, 0.1) is 0 Å². The van der Waals surface area contributed by atoms with Gasteiger partial charge in [-0.15, -0.1) is 0 Å². The Balaban J connectivity index is 1.82. The van der Waals surface area contributed by atoms with E-state index in [1.807, 2.05) is 20.8 Å². The molecule has 0 bridgehead atoms. The second kappa shape index (κ2) is 13.6. The third-order valence-corrected chi connectivity index (χ3v) is 7.21. The number of hydrogen-bond donors (Lipinski definition) is 1. The van der Waals surface area contributed by atoms with Crippen molar-refractivity contribution in [1.29, 1.82) is 0 Å². The standard InChI is InChI=1S/C29H33N5O7S/c1-29(2,3)20-10-12-21(13-11-20)42(36,37)34-25-24(41-23-9-6-5-8-22(23)38-4)28(40-19-18-39-17-16-35)33-27(32-25)26-30-14-7-15-31-26/h5-15,35H,16-19H2,1-4H3,(H,32,33,34)/p+1. The summed E-state index contributed by atoms with van der Waals surface area (Å²) < 4.78 is 52.6. The van der Waals surface area contributed by atoms with Crippen molar-refractivity contribution < 1.29 is 32.5 Å². The number of anilines is 1. The largest absolute Gasteiger partial charge is 0.493 e. The average molecular weight is 597 g/mol. The fraction of sp³-hybridized carbons (Fsp3) is 0.310. The van der Waals surface area contributed by atoms with E-state index in [-0.39, 0.29) is 71.6 Å². The Labute approximate surface area is 244 Å². The highest BCUT2D eigenvalue weighted by Crippen LogP contribution is 2.41. The molecule has 12 nitrogen and oxygen atoms in total. The molecule has 0 aliphatic heterocycles. The molecule has 0 atom stereocenters. The smallest absolute Gasteiger partial charge is 0.263 e. The number of methoxy groups -OCH3 is 1. The number of nitrogens with zero attached hydrogens (tertiary/aromatic N) is 4. The molecule has 0 saturated carbocycles. The molecule has 42 heavy (non-hydrogen) atoms. The van der Waals surface area contributed by atoms with Crippen LogP contribution in [0.3, 0.4) is 0 Å². The number of hydrogen-bond acceptors (Lipinski definition) is 10. The zero-order chi connectivity index (χ0) is 30.2. The monoisotopic (exact) mass is 596 g/mol. The van der Waals surface area contributed by atoms with Crippen molar-refractivity contribution in [2.75, 3.05) is 38.3 Å². The molecule has 222 valence electrons. The lowest BCUT2D eigenvalue weighted by Crippen LogP contribution is -2.17. The Morgan fingerprint density at radius 1 is 0.857 bits per heavy atom. The number of sulfonamides is 1. The highest BCUT2D eigenvalue weighted by Gasteiger charge is 2.26. The average Bonchev–Trinajstić information content (AvgIpc) is 2.98. The Morgan fingerprint density at radius 3 is 2.19 bits per heavy atom. The summed E-state index contributed by atoms with van der Waals surface area (Å²) in [7, 11) is -2.66. The molecule has 13 heteroatoms. The van der Waals surface area contributed by atoms with Crippen LogP contribution in [0.25, 0.3) is 11.6 Å². The van der Waals surface area contributed by atoms with Crippen LogP contribution in [0.4, 0.5) is 5.82 Å². The van der Waals surface area contributed by atoms with Gasteiger partial charge in [0.1, 0.15) is 13.2 Å². The van der Waals surface area contributed by atoms with Crippen LogP contribution in [-0.4, -0.2) is 67.0 Å². The van der Waals surface area contributed by atoms with E-state index in [0.29, 0.717) is 5.75 Å². The van der Waals surface area contributed by atoms with Gasteiger partial charge in [-0.25, -0.2) is 23.4 Å². The zero-order valence-corrected chi connectivity index (χ0v) is 24.6. The molecule has 4 rings (SSSR count). The lowest BCUT2D eigenvalue weighted by atomic mass is 9.87. The van der Waals surface area contributed by atoms with Crippen molar-refractivity contribution in [3.8, 4) is 34.8 Å². The van der Waals surface area contributed by atoms with Gasteiger partial charge in [-0.1, -0.05) is 45.0 Å². The maximum atomic E-state index is 13.6. The number of ether oxygens (including phenoxy) is 4. The van der Waals surface area contributed by atoms with Crippen molar-refractivity contribution in [1.82, 2.24) is 19.9 Å². The van der Waals surface area contributed by atoms with Crippen molar-refractivity contribution >= 4 is 15.8 Å². The minimum absolute atomic E-state index is 0.00540. The van der Waals surface area contributed by atoms with Gasteiger partial charge < -0.3 is 24.1 Å². The van der Waals surface area contributed by atoms with Crippen molar-refractivity contribution in [2.24, 2.45) is 0 Å². The van der Waals surface area contributed by atoms with Gasteiger partial charge in [-0.3, -0.25) is 4.72 Å². The summed E-state index contributed by atoms with van der Waals surface area (Å²) in [6.07, 6.45) is 3.03. The van der Waals surface area contributed by atoms with E-state index >= 15 is 0 Å². The van der Waals surface area contributed by atoms with Crippen molar-refractivity contribution in [3.05, 3.63) is 72.6 Å². The molecule has 2 heterocycles. The SMILES string of the molecule is COc1ccccc1Oc1c(NS(=O)(=O)c2ccc(C(C)(C)C)cc2)nc(-c2ncccn2)nc1OCCOCC[OH2+]. The highest BCUT2D eigenvalue weighted by atomic mass is 32.2. The van der Waals surface area contributed by atoms with E-state index in [4.69, 9.17) is 24.1 Å². The van der Waals surface area contributed by atoms with E-state index < -0.39 is 10.0 Å². The zero-order valence-electron chi connectivity index (χ0n) is 23.8. The van der Waals surface area contributed by atoms with Gasteiger partial charge in [0.2, 0.25) is 11.6 Å². The number of rotatable bonds is 13. The number of benzene rings is 2. The second-order valence-corrected chi connectivity index (χ2v) is 11.6. The summed E-state index contributed by atoms with van der Waals surface area (Å²) in [5.74, 6) is 0.447. The molecule has 0 aliphatic rings. The molecule has 4 aromatic rings. The van der Waals surface area contributed by atoms with Gasteiger partial charge in [-0.05, 0) is 41.3 Å². The molecule has 0 aliphatic carbocycles. The number of nitrogens with one attached hydrogen (secondary N) is 1. The first-order valence-electron chi connectivity index (χ1n) is 13.1. The minimum atomic E-state index is -4.15. The van der Waals surface area contributed by atoms with Crippen LogP contribution in [0.1, 0.15) is 26.3 Å². The third kappa shape index (κ3) is 7.69. The highest BCUT2D eigenvalue weighted by molar-refractivity contribution is 7.92. The van der Waals surface area contributed by atoms with Crippen LogP contribution in [0.5, 0.6) is 23.1 Å². The second-order valence-electron chi connectivity index (χ2n) is 9.95. The van der Waals surface area contributed by atoms with E-state index in [0.717, 1.165) is 5.56 Å². The molecular weight excluding hydrogens is 562 g/mol. The fourth-order valence-electron chi connectivity index (χ4n) is 3.71. The fourth-order valence-corrected chi connectivity index (χ4v) is 4.71. The molecule has 0 unspecified atom stereocenters. The lowest BCUT2D eigenvalue weighted by molar-refractivity contribution is 0.0689. The van der Waals surface area contributed by atoms with Gasteiger partial charge in [0, 0.05) is 12.4 Å². The molecule has 2 aromatic carbocycles. The van der Waals surface area contributed by atoms with Gasteiger partial charge in [0.15, 0.2) is 29.7 Å². The summed E-state index contributed by atoms with van der Waals surface area (Å²) in [4.78, 5) is 17.4. The first-order valence-corrected chi connectivity index (χ1v) is 14.6. The predicted molar refractivity (Wildman–Crippen MR) is 157 cm³/mol. The molecule has 0 radical (unpaired) electrons. The first-order chi connectivity index (χ1) is 20.1. The summed E-state index contributed by atoms with van der Waals surface area (Å²) in [6, 6.07) is 15.1. The topological polar surface area (TPSA) is 158 Å². The maximum Gasteiger partial charge on any atom is 0.263 e. The van der Waals surface area contributed by atoms with Crippen LogP contribution in [-0.2, 0) is 20.2 Å². The Morgan fingerprint density at radius 2 is 1.55 bits per heavy atom. The molecule has 0 amide bonds. The van der Waals surface area contributed by atoms with E-state index in [2.05, 4.69) is 24.7 Å². The molecule has 0 saturated heterocycles. The van der Waals surface area contributed by atoms with Gasteiger partial charge in [0.05, 0.1) is 18.6 Å². The third-order valence-electron chi connectivity index (χ3n) is 5.86. The van der Waals surface area contributed by atoms with Crippen LogP contribution >= 0.6 is 0 Å². The molecule has 3 N–H and O–H groups in total. The summed E-state index contributed by atoms with van der Waals surface area (Å²) in [5.41, 5.74) is 0.829. The predicted octanol–water partition coefficient (Wildman–Crippen LogP) is 3.95. The molecular formula is C29H34N5O7S+. The number of para-hydroxylation sites is 2. The minimum Gasteiger partial charge on any atom is -0.493 e. The summed E-state index contributed by atoms with van der Waals surface area (Å²) in [5, 5.41) is 7.25. The van der Waals surface area contributed by atoms with E-state index in [1.54, 1.807) is 42.5 Å². The van der Waals surface area contributed by atoms with Crippen molar-refractivity contribution in [2.45, 2.75) is 31.1 Å². The van der Waals surface area contributed by atoms with E-state index in [1.165, 1.54) is 31.6 Å². The van der Waals surface area contributed by atoms with Crippen LogP contribution < -0.4 is 18.9 Å². The number of aromatic nitrogens is 4. The summed E-state index contributed by atoms with van der Waals surface area (Å²) >= 11 is 0. The molecule has 0 spiro atoms. The Hall–Kier alpha value is -4.33. The van der Waals surface area contributed by atoms with Gasteiger partial charge in [-0.2, -0.15) is 4.98 Å². The maximum absolute atomic E-state index is 13.6. The van der Waals surface area contributed by atoms with Gasteiger partial charge in [0.25, 0.3) is 15.9 Å². The van der Waals surface area contributed by atoms with E-state index in [9.17, 15) is 8.42 Å². The normalized spacial score (nSPS) is 11.6. The summed E-state index contributed by atoms with van der Waals surface area (Å²) in [6.45, 7) is 6.68.